The van der Waals surface area contributed by atoms with Gasteiger partial charge in [-0.25, -0.2) is 4.98 Å². The maximum atomic E-state index is 5.05. The van der Waals surface area contributed by atoms with Gasteiger partial charge in [0.1, 0.15) is 5.01 Å². The Morgan fingerprint density at radius 2 is 0.811 bits per heavy atom. The van der Waals surface area contributed by atoms with Gasteiger partial charge in [0.15, 0.2) is 0 Å². The lowest BCUT2D eigenvalue weighted by Gasteiger charge is -2.20. The van der Waals surface area contributed by atoms with Crippen LogP contribution in [-0.4, -0.2) is 4.98 Å². The molecule has 0 aliphatic carbocycles. The van der Waals surface area contributed by atoms with Crippen LogP contribution < -0.4 is 0 Å². The van der Waals surface area contributed by atoms with Gasteiger partial charge < -0.3 is 0 Å². The Labute approximate surface area is 311 Å². The number of benzene rings is 10. The predicted octanol–water partition coefficient (Wildman–Crippen LogP) is 14.7. The van der Waals surface area contributed by atoms with Crippen molar-refractivity contribution in [3.63, 3.8) is 0 Å². The van der Waals surface area contributed by atoms with Crippen LogP contribution in [0.3, 0.4) is 0 Å². The second-order valence-corrected chi connectivity index (χ2v) is 14.9. The fraction of sp³-hybridized carbons (Fsp3) is 0. The number of thiazole rings is 1. The van der Waals surface area contributed by atoms with Crippen LogP contribution in [0, 0.1) is 0 Å². The molecule has 0 aliphatic rings. The lowest BCUT2D eigenvalue weighted by atomic mass is 9.84. The average molecular weight is 690 g/mol. The normalized spacial score (nSPS) is 11.8. The summed E-state index contributed by atoms with van der Waals surface area (Å²) in [6, 6.07) is 69.0. The van der Waals surface area contributed by atoms with Gasteiger partial charge in [-0.3, -0.25) is 0 Å². The minimum Gasteiger partial charge on any atom is -0.236 e. The summed E-state index contributed by atoms with van der Waals surface area (Å²) in [5, 5.41) is 13.5. The van der Waals surface area contributed by atoms with Gasteiger partial charge in [-0.15, -0.1) is 11.3 Å². The van der Waals surface area contributed by atoms with Crippen molar-refractivity contribution in [3.05, 3.63) is 188 Å². The number of fused-ring (bicyclic) bond motifs is 6. The van der Waals surface area contributed by atoms with E-state index < -0.39 is 0 Å². The molecule has 0 saturated carbocycles. The maximum Gasteiger partial charge on any atom is 0.125 e. The van der Waals surface area contributed by atoms with Crippen molar-refractivity contribution in [2.45, 2.75) is 0 Å². The van der Waals surface area contributed by atoms with Crippen LogP contribution >= 0.6 is 11.3 Å². The van der Waals surface area contributed by atoms with E-state index in [1.807, 2.05) is 0 Å². The van der Waals surface area contributed by atoms with E-state index in [1.165, 1.54) is 97.5 Å². The molecule has 11 rings (SSSR count). The summed E-state index contributed by atoms with van der Waals surface area (Å²) in [5.74, 6) is 0. The van der Waals surface area contributed by atoms with Gasteiger partial charge >= 0.3 is 0 Å². The molecule has 0 N–H and O–H groups in total. The van der Waals surface area contributed by atoms with Gasteiger partial charge in [-0.05, 0) is 118 Å². The smallest absolute Gasteiger partial charge is 0.125 e. The van der Waals surface area contributed by atoms with Gasteiger partial charge in [0.05, 0.1) is 10.2 Å². The number of nitrogens with zero attached hydrogens (tertiary/aromatic N) is 1. The SMILES string of the molecule is c1ccc2cc(-c3c4ccccc4c(-c4ccc5ccccc5c4)c4cc(-c5ccc(-c6nc7ccccc7s6)c6ccccc56)ccc34)ccc2c1. The van der Waals surface area contributed by atoms with E-state index >= 15 is 0 Å². The molecular weight excluding hydrogens is 659 g/mol. The lowest BCUT2D eigenvalue weighted by Crippen LogP contribution is -1.92. The largest absolute Gasteiger partial charge is 0.236 e. The molecular formula is C51H31NS. The average Bonchev–Trinajstić information content (AvgIpc) is 3.66. The molecule has 246 valence electrons. The molecule has 0 fully saturated rings. The molecule has 1 nitrogen and oxygen atoms in total. The topological polar surface area (TPSA) is 12.9 Å². The van der Waals surface area contributed by atoms with E-state index in [2.05, 4.69) is 188 Å². The molecule has 0 aliphatic heterocycles. The fourth-order valence-electron chi connectivity index (χ4n) is 8.38. The van der Waals surface area contributed by atoms with Gasteiger partial charge in [0.2, 0.25) is 0 Å². The van der Waals surface area contributed by atoms with Crippen molar-refractivity contribution >= 4 is 75.4 Å². The monoisotopic (exact) mass is 689 g/mol. The Balaban J connectivity index is 1.20. The van der Waals surface area contributed by atoms with Crippen LogP contribution in [0.1, 0.15) is 0 Å². The summed E-state index contributed by atoms with van der Waals surface area (Å²) in [4.78, 5) is 5.05. The Morgan fingerprint density at radius 1 is 0.321 bits per heavy atom. The van der Waals surface area contributed by atoms with Crippen molar-refractivity contribution in [3.8, 4) is 44.0 Å². The van der Waals surface area contributed by atoms with Gasteiger partial charge in [0, 0.05) is 5.56 Å². The second-order valence-electron chi connectivity index (χ2n) is 13.9. The Morgan fingerprint density at radius 3 is 1.47 bits per heavy atom. The molecule has 0 unspecified atom stereocenters. The zero-order chi connectivity index (χ0) is 34.9. The van der Waals surface area contributed by atoms with Crippen LogP contribution in [0.25, 0.3) is 108 Å². The van der Waals surface area contributed by atoms with Gasteiger partial charge in [0.25, 0.3) is 0 Å². The maximum absolute atomic E-state index is 5.05. The predicted molar refractivity (Wildman–Crippen MR) is 229 cm³/mol. The van der Waals surface area contributed by atoms with Crippen molar-refractivity contribution in [2.24, 2.45) is 0 Å². The highest BCUT2D eigenvalue weighted by Gasteiger charge is 2.19. The molecule has 2 heteroatoms. The van der Waals surface area contributed by atoms with Crippen LogP contribution in [0.4, 0.5) is 0 Å². The first-order chi connectivity index (χ1) is 26.3. The molecule has 1 aromatic heterocycles. The number of rotatable bonds is 4. The molecule has 11 aromatic rings. The molecule has 1 heterocycles. The molecule has 0 spiro atoms. The fourth-order valence-corrected chi connectivity index (χ4v) is 9.39. The quantitative estimate of drug-likeness (QED) is 0.168. The van der Waals surface area contributed by atoms with E-state index in [9.17, 15) is 0 Å². The number of hydrogen-bond acceptors (Lipinski definition) is 2. The highest BCUT2D eigenvalue weighted by molar-refractivity contribution is 7.21. The van der Waals surface area contributed by atoms with Crippen LogP contribution in [-0.2, 0) is 0 Å². The Hall–Kier alpha value is -6.61. The van der Waals surface area contributed by atoms with Crippen LogP contribution in [0.15, 0.2) is 188 Å². The Kier molecular flexibility index (Phi) is 6.80. The van der Waals surface area contributed by atoms with Crippen molar-refractivity contribution in [1.82, 2.24) is 4.98 Å². The first-order valence-electron chi connectivity index (χ1n) is 18.1. The molecule has 0 amide bonds. The van der Waals surface area contributed by atoms with E-state index in [1.54, 1.807) is 11.3 Å². The molecule has 53 heavy (non-hydrogen) atoms. The van der Waals surface area contributed by atoms with E-state index in [4.69, 9.17) is 4.98 Å². The number of aromatic nitrogens is 1. The highest BCUT2D eigenvalue weighted by atomic mass is 32.1. The lowest BCUT2D eigenvalue weighted by molar-refractivity contribution is 1.49. The van der Waals surface area contributed by atoms with Crippen LogP contribution in [0.2, 0.25) is 0 Å². The van der Waals surface area contributed by atoms with E-state index in [-0.39, 0.29) is 0 Å². The van der Waals surface area contributed by atoms with Crippen LogP contribution in [0.5, 0.6) is 0 Å². The molecule has 10 aromatic carbocycles. The van der Waals surface area contributed by atoms with Crippen molar-refractivity contribution < 1.29 is 0 Å². The molecule has 0 atom stereocenters. The van der Waals surface area contributed by atoms with Crippen molar-refractivity contribution in [1.29, 1.82) is 0 Å². The van der Waals surface area contributed by atoms with E-state index in [0.717, 1.165) is 10.5 Å². The summed E-state index contributed by atoms with van der Waals surface area (Å²) in [6.45, 7) is 0. The summed E-state index contributed by atoms with van der Waals surface area (Å²) in [5.41, 5.74) is 9.63. The minimum atomic E-state index is 1.05. The first-order valence-corrected chi connectivity index (χ1v) is 18.9. The standard InChI is InChI=1S/C51H31NS/c1-3-13-34-29-37(23-21-32(34)11-1)49-42-17-7-8-18-43(42)50(38-24-22-33-12-2-4-14-35(33)30-38)46-31-36(25-26-44(46)49)39-27-28-45(41-16-6-5-15-40(39)41)51-52-47-19-9-10-20-48(47)53-51/h1-31H. The summed E-state index contributed by atoms with van der Waals surface area (Å²) in [6.07, 6.45) is 0. The third kappa shape index (κ3) is 4.88. The molecule has 0 saturated heterocycles. The van der Waals surface area contributed by atoms with Gasteiger partial charge in [-0.2, -0.15) is 0 Å². The zero-order valence-electron chi connectivity index (χ0n) is 28.8. The summed E-state index contributed by atoms with van der Waals surface area (Å²) in [7, 11) is 0. The first kappa shape index (κ1) is 30.1. The van der Waals surface area contributed by atoms with E-state index in [0.29, 0.717) is 0 Å². The Bertz CT molecular complexity index is 3210. The van der Waals surface area contributed by atoms with Gasteiger partial charge in [-0.1, -0.05) is 158 Å². The summed E-state index contributed by atoms with van der Waals surface area (Å²) < 4.78 is 1.21. The highest BCUT2D eigenvalue weighted by Crippen LogP contribution is 2.47. The molecule has 0 radical (unpaired) electrons. The number of hydrogen-bond donors (Lipinski definition) is 0. The third-order valence-corrected chi connectivity index (χ3v) is 11.9. The summed E-state index contributed by atoms with van der Waals surface area (Å²) >= 11 is 1.76. The zero-order valence-corrected chi connectivity index (χ0v) is 29.6. The second kappa shape index (κ2) is 12.0. The minimum absolute atomic E-state index is 1.05. The third-order valence-electron chi connectivity index (χ3n) is 10.9. The molecule has 0 bridgehead atoms. The number of para-hydroxylation sites is 1. The van der Waals surface area contributed by atoms with Crippen molar-refractivity contribution in [2.75, 3.05) is 0 Å².